The summed E-state index contributed by atoms with van der Waals surface area (Å²) in [7, 11) is 0. The van der Waals surface area contributed by atoms with Gasteiger partial charge in [0, 0.05) is 31.2 Å². The summed E-state index contributed by atoms with van der Waals surface area (Å²) < 4.78 is 2.39. The molecule has 0 aliphatic carbocycles. The van der Waals surface area contributed by atoms with Crippen LogP contribution in [0.1, 0.15) is 37.9 Å². The third kappa shape index (κ3) is 2.52. The van der Waals surface area contributed by atoms with Gasteiger partial charge in [0.25, 0.3) is 0 Å². The maximum atomic E-state index is 4.95. The molecule has 2 saturated heterocycles. The van der Waals surface area contributed by atoms with Crippen LogP contribution in [0.4, 0.5) is 0 Å². The molecule has 22 heavy (non-hydrogen) atoms. The number of fused-ring (bicyclic) bond motifs is 1. The van der Waals surface area contributed by atoms with Gasteiger partial charge in [0.15, 0.2) is 5.65 Å². The fraction of sp³-hybridized carbons (Fsp3) is 0.647. The average Bonchev–Trinajstić information content (AvgIpc) is 3.27. The van der Waals surface area contributed by atoms with Crippen molar-refractivity contribution in [1.82, 2.24) is 24.8 Å². The van der Waals surface area contributed by atoms with Crippen molar-refractivity contribution in [2.75, 3.05) is 26.2 Å². The number of nitrogens with one attached hydrogen (secondary N) is 1. The Labute approximate surface area is 131 Å². The Balaban J connectivity index is 1.69. The second-order valence-corrected chi connectivity index (χ2v) is 6.60. The van der Waals surface area contributed by atoms with Gasteiger partial charge in [-0.1, -0.05) is 6.92 Å². The van der Waals surface area contributed by atoms with E-state index in [9.17, 15) is 0 Å². The third-order valence-corrected chi connectivity index (χ3v) is 5.18. The van der Waals surface area contributed by atoms with Crippen molar-refractivity contribution in [2.45, 2.75) is 44.7 Å². The zero-order chi connectivity index (χ0) is 14.9. The smallest absolute Gasteiger partial charge is 0.160 e. The summed E-state index contributed by atoms with van der Waals surface area (Å²) in [6.45, 7) is 7.87. The second kappa shape index (κ2) is 5.97. The Bertz CT molecular complexity index is 644. The van der Waals surface area contributed by atoms with E-state index in [0.29, 0.717) is 12.0 Å². The van der Waals surface area contributed by atoms with E-state index in [-0.39, 0.29) is 0 Å². The molecule has 2 aromatic rings. The number of hydrogen-bond donors (Lipinski definition) is 1. The Kier molecular flexibility index (Phi) is 3.84. The van der Waals surface area contributed by atoms with Gasteiger partial charge >= 0.3 is 0 Å². The van der Waals surface area contributed by atoms with Crippen molar-refractivity contribution in [1.29, 1.82) is 0 Å². The van der Waals surface area contributed by atoms with Crippen LogP contribution in [0.5, 0.6) is 0 Å². The quantitative estimate of drug-likeness (QED) is 0.938. The monoisotopic (exact) mass is 299 g/mol. The molecule has 4 heterocycles. The summed E-state index contributed by atoms with van der Waals surface area (Å²) in [5.74, 6) is 1.80. The van der Waals surface area contributed by atoms with Crippen LogP contribution < -0.4 is 5.32 Å². The fourth-order valence-corrected chi connectivity index (χ4v) is 3.93. The van der Waals surface area contributed by atoms with Gasteiger partial charge < -0.3 is 14.8 Å². The predicted molar refractivity (Wildman–Crippen MR) is 88.0 cm³/mol. The second-order valence-electron chi connectivity index (χ2n) is 6.60. The number of likely N-dealkylation sites (N-methyl/N-ethyl adjacent to an activating group) is 1. The van der Waals surface area contributed by atoms with Crippen LogP contribution in [0.3, 0.4) is 0 Å². The van der Waals surface area contributed by atoms with Crippen molar-refractivity contribution < 1.29 is 0 Å². The highest BCUT2D eigenvalue weighted by Crippen LogP contribution is 2.29. The van der Waals surface area contributed by atoms with Crippen LogP contribution in [-0.2, 0) is 6.54 Å². The number of imidazole rings is 1. The predicted octanol–water partition coefficient (Wildman–Crippen LogP) is 1.99. The van der Waals surface area contributed by atoms with Crippen molar-refractivity contribution in [3.05, 3.63) is 24.2 Å². The molecule has 0 aromatic carbocycles. The van der Waals surface area contributed by atoms with Crippen LogP contribution in [0.15, 0.2) is 18.3 Å². The lowest BCUT2D eigenvalue weighted by Gasteiger charge is -2.17. The summed E-state index contributed by atoms with van der Waals surface area (Å²) in [4.78, 5) is 12.1. The van der Waals surface area contributed by atoms with Gasteiger partial charge in [0.05, 0.1) is 0 Å². The topological polar surface area (TPSA) is 46.0 Å². The molecular formula is C17H25N5. The zero-order valence-electron chi connectivity index (χ0n) is 13.3. The van der Waals surface area contributed by atoms with Gasteiger partial charge in [0.1, 0.15) is 11.3 Å². The molecule has 0 spiro atoms. The van der Waals surface area contributed by atoms with Crippen molar-refractivity contribution in [3.8, 4) is 0 Å². The molecule has 2 aliphatic heterocycles. The summed E-state index contributed by atoms with van der Waals surface area (Å²) in [6, 6.07) is 4.66. The fourth-order valence-electron chi connectivity index (χ4n) is 3.93. The number of rotatable bonds is 4. The highest BCUT2D eigenvalue weighted by molar-refractivity contribution is 5.71. The van der Waals surface area contributed by atoms with Crippen molar-refractivity contribution in [2.24, 2.45) is 0 Å². The molecule has 0 radical (unpaired) electrons. The lowest BCUT2D eigenvalue weighted by molar-refractivity contribution is 0.351. The van der Waals surface area contributed by atoms with E-state index in [1.54, 1.807) is 0 Å². The molecule has 0 saturated carbocycles. The first-order chi connectivity index (χ1) is 10.8. The highest BCUT2D eigenvalue weighted by atomic mass is 15.2. The lowest BCUT2D eigenvalue weighted by Crippen LogP contribution is -2.28. The summed E-state index contributed by atoms with van der Waals surface area (Å²) in [5.41, 5.74) is 2.10. The summed E-state index contributed by atoms with van der Waals surface area (Å²) in [6.07, 6.45) is 5.65. The van der Waals surface area contributed by atoms with Gasteiger partial charge in [-0.25, -0.2) is 9.97 Å². The van der Waals surface area contributed by atoms with E-state index in [4.69, 9.17) is 4.98 Å². The first-order valence-electron chi connectivity index (χ1n) is 8.62. The van der Waals surface area contributed by atoms with E-state index in [2.05, 4.69) is 32.8 Å². The van der Waals surface area contributed by atoms with Gasteiger partial charge in [-0.15, -0.1) is 0 Å². The number of nitrogens with zero attached hydrogens (tertiary/aromatic N) is 4. The van der Waals surface area contributed by atoms with Crippen LogP contribution >= 0.6 is 0 Å². The maximum Gasteiger partial charge on any atom is 0.160 e. The SMILES string of the molecule is CCN1CCC(c2nc3cccnc3n2CC2CCCN2)C1. The van der Waals surface area contributed by atoms with Gasteiger partial charge in [-0.05, 0) is 51.0 Å². The van der Waals surface area contributed by atoms with Crippen LogP contribution in [-0.4, -0.2) is 51.7 Å². The zero-order valence-corrected chi connectivity index (χ0v) is 13.3. The van der Waals surface area contributed by atoms with E-state index in [1.807, 2.05) is 12.3 Å². The van der Waals surface area contributed by atoms with Crippen LogP contribution in [0, 0.1) is 0 Å². The van der Waals surface area contributed by atoms with E-state index < -0.39 is 0 Å². The molecule has 1 N–H and O–H groups in total. The highest BCUT2D eigenvalue weighted by Gasteiger charge is 2.29. The largest absolute Gasteiger partial charge is 0.312 e. The first kappa shape index (κ1) is 14.2. The normalized spacial score (nSPS) is 26.2. The minimum Gasteiger partial charge on any atom is -0.312 e. The minimum absolute atomic E-state index is 0.551. The van der Waals surface area contributed by atoms with Crippen LogP contribution in [0.2, 0.25) is 0 Å². The van der Waals surface area contributed by atoms with E-state index >= 15 is 0 Å². The third-order valence-electron chi connectivity index (χ3n) is 5.18. The Morgan fingerprint density at radius 1 is 1.36 bits per heavy atom. The standard InChI is InChI=1S/C17H25N5/c1-2-21-10-7-13(11-21)16-20-15-6-4-9-19-17(15)22(16)12-14-5-3-8-18-14/h4,6,9,13-14,18H,2-3,5,7-8,10-12H2,1H3. The Hall–Kier alpha value is -1.46. The number of aromatic nitrogens is 3. The molecule has 2 unspecified atom stereocenters. The Morgan fingerprint density at radius 3 is 3.09 bits per heavy atom. The number of pyridine rings is 1. The molecule has 2 atom stereocenters. The molecular weight excluding hydrogens is 274 g/mol. The molecule has 5 nitrogen and oxygen atoms in total. The van der Waals surface area contributed by atoms with E-state index in [1.165, 1.54) is 31.6 Å². The molecule has 4 rings (SSSR count). The van der Waals surface area contributed by atoms with Gasteiger partial charge in [0.2, 0.25) is 0 Å². The summed E-state index contributed by atoms with van der Waals surface area (Å²) in [5, 5.41) is 3.61. The molecule has 0 amide bonds. The summed E-state index contributed by atoms with van der Waals surface area (Å²) >= 11 is 0. The number of likely N-dealkylation sites (tertiary alicyclic amines) is 1. The first-order valence-corrected chi connectivity index (χ1v) is 8.62. The Morgan fingerprint density at radius 2 is 2.32 bits per heavy atom. The molecule has 5 heteroatoms. The molecule has 118 valence electrons. The molecule has 0 bridgehead atoms. The molecule has 2 aliphatic rings. The van der Waals surface area contributed by atoms with Crippen molar-refractivity contribution >= 4 is 11.2 Å². The molecule has 2 aromatic heterocycles. The van der Waals surface area contributed by atoms with Crippen molar-refractivity contribution in [3.63, 3.8) is 0 Å². The minimum atomic E-state index is 0.551. The van der Waals surface area contributed by atoms with Gasteiger partial charge in [-0.2, -0.15) is 0 Å². The molecule has 2 fully saturated rings. The maximum absolute atomic E-state index is 4.95. The van der Waals surface area contributed by atoms with Crippen LogP contribution in [0.25, 0.3) is 11.2 Å². The van der Waals surface area contributed by atoms with Gasteiger partial charge in [-0.3, -0.25) is 0 Å². The average molecular weight is 299 g/mol. The number of hydrogen-bond acceptors (Lipinski definition) is 4. The van der Waals surface area contributed by atoms with E-state index in [0.717, 1.165) is 37.3 Å². The lowest BCUT2D eigenvalue weighted by atomic mass is 10.1.